The molecule has 4 heteroatoms. The summed E-state index contributed by atoms with van der Waals surface area (Å²) in [6.45, 7) is 4.05. The Hall–Kier alpha value is -3.06. The number of fused-ring (bicyclic) bond motifs is 1. The molecule has 2 aromatic carbocycles. The maximum atomic E-state index is 12.4. The number of urea groups is 1. The van der Waals surface area contributed by atoms with Gasteiger partial charge in [-0.2, -0.15) is 5.26 Å². The zero-order valence-corrected chi connectivity index (χ0v) is 13.8. The Labute approximate surface area is 141 Å². The normalized spacial score (nSPS) is 15.2. The molecule has 0 unspecified atom stereocenters. The van der Waals surface area contributed by atoms with Crippen molar-refractivity contribution in [2.24, 2.45) is 5.41 Å². The molecule has 0 spiro atoms. The van der Waals surface area contributed by atoms with E-state index >= 15 is 0 Å². The molecule has 2 amide bonds. The number of nitrogens with zero attached hydrogens (tertiary/aromatic N) is 1. The first-order valence-electron chi connectivity index (χ1n) is 7.87. The summed E-state index contributed by atoms with van der Waals surface area (Å²) in [7, 11) is 0. The van der Waals surface area contributed by atoms with E-state index in [1.54, 1.807) is 0 Å². The van der Waals surface area contributed by atoms with Crippen molar-refractivity contribution >= 4 is 17.4 Å². The van der Waals surface area contributed by atoms with E-state index in [0.29, 0.717) is 17.0 Å². The van der Waals surface area contributed by atoms with E-state index in [9.17, 15) is 10.1 Å². The minimum Gasteiger partial charge on any atom is -0.308 e. The third-order valence-corrected chi connectivity index (χ3v) is 4.23. The molecule has 0 aliphatic heterocycles. The smallest absolute Gasteiger partial charge is 0.308 e. The summed E-state index contributed by atoms with van der Waals surface area (Å²) in [4.78, 5) is 12.4. The Morgan fingerprint density at radius 2 is 1.71 bits per heavy atom. The van der Waals surface area contributed by atoms with Crippen LogP contribution in [0, 0.1) is 16.7 Å². The SMILES string of the molecule is CC1(C)Cc2ccccc2C(NC(=O)Nc2ccccc2)=C1C#N. The van der Waals surface area contributed by atoms with Gasteiger partial charge in [-0.25, -0.2) is 4.79 Å². The molecule has 3 rings (SSSR count). The first-order chi connectivity index (χ1) is 11.5. The molecular weight excluding hydrogens is 298 g/mol. The summed E-state index contributed by atoms with van der Waals surface area (Å²) < 4.78 is 0. The van der Waals surface area contributed by atoms with Crippen LogP contribution in [0.15, 0.2) is 60.2 Å². The second-order valence-corrected chi connectivity index (χ2v) is 6.52. The number of allylic oxidation sites excluding steroid dienone is 1. The maximum Gasteiger partial charge on any atom is 0.323 e. The summed E-state index contributed by atoms with van der Waals surface area (Å²) in [6, 6.07) is 19.1. The first-order valence-corrected chi connectivity index (χ1v) is 7.87. The Morgan fingerprint density at radius 3 is 2.42 bits per heavy atom. The molecule has 0 atom stereocenters. The highest BCUT2D eigenvalue weighted by atomic mass is 16.2. The first kappa shape index (κ1) is 15.8. The van der Waals surface area contributed by atoms with Gasteiger partial charge in [-0.3, -0.25) is 0 Å². The predicted octanol–water partition coefficient (Wildman–Crippen LogP) is 4.33. The lowest BCUT2D eigenvalue weighted by Crippen LogP contribution is -2.34. The third kappa shape index (κ3) is 3.02. The van der Waals surface area contributed by atoms with Crippen molar-refractivity contribution in [2.45, 2.75) is 20.3 Å². The van der Waals surface area contributed by atoms with Gasteiger partial charge in [0.2, 0.25) is 0 Å². The molecule has 0 saturated carbocycles. The van der Waals surface area contributed by atoms with E-state index in [0.717, 1.165) is 17.5 Å². The number of para-hydroxylation sites is 1. The van der Waals surface area contributed by atoms with E-state index in [2.05, 4.69) is 16.7 Å². The fourth-order valence-corrected chi connectivity index (χ4v) is 3.09. The van der Waals surface area contributed by atoms with Gasteiger partial charge in [0.15, 0.2) is 0 Å². The predicted molar refractivity (Wildman–Crippen MR) is 95.1 cm³/mol. The summed E-state index contributed by atoms with van der Waals surface area (Å²) in [5.41, 5.74) is 3.63. The topological polar surface area (TPSA) is 64.9 Å². The molecule has 1 aliphatic carbocycles. The molecule has 0 fully saturated rings. The molecule has 2 aromatic rings. The fourth-order valence-electron chi connectivity index (χ4n) is 3.09. The van der Waals surface area contributed by atoms with Crippen LogP contribution in [0.25, 0.3) is 5.70 Å². The number of hydrogen-bond donors (Lipinski definition) is 2. The van der Waals surface area contributed by atoms with Crippen LogP contribution in [0.5, 0.6) is 0 Å². The number of carbonyl (C=O) groups excluding carboxylic acids is 1. The van der Waals surface area contributed by atoms with Gasteiger partial charge in [-0.05, 0) is 24.1 Å². The molecule has 4 nitrogen and oxygen atoms in total. The second-order valence-electron chi connectivity index (χ2n) is 6.52. The van der Waals surface area contributed by atoms with Gasteiger partial charge in [0.05, 0.1) is 17.3 Å². The van der Waals surface area contributed by atoms with Gasteiger partial charge in [-0.15, -0.1) is 0 Å². The van der Waals surface area contributed by atoms with Crippen molar-refractivity contribution < 1.29 is 4.79 Å². The summed E-state index contributed by atoms with van der Waals surface area (Å²) in [6.07, 6.45) is 0.775. The van der Waals surface area contributed by atoms with Crippen LogP contribution in [-0.4, -0.2) is 6.03 Å². The highest BCUT2D eigenvalue weighted by Crippen LogP contribution is 2.41. The highest BCUT2D eigenvalue weighted by Gasteiger charge is 2.34. The zero-order chi connectivity index (χ0) is 17.2. The standard InChI is InChI=1S/C20H19N3O/c1-20(2)12-14-8-6-7-11-16(14)18(17(20)13-21)23-19(24)22-15-9-4-3-5-10-15/h3-11H,12H2,1-2H3,(H2,22,23,24). The lowest BCUT2D eigenvalue weighted by Gasteiger charge is -2.33. The van der Waals surface area contributed by atoms with E-state index in [4.69, 9.17) is 0 Å². The van der Waals surface area contributed by atoms with Crippen LogP contribution in [0.4, 0.5) is 10.5 Å². The zero-order valence-electron chi connectivity index (χ0n) is 13.8. The lowest BCUT2D eigenvalue weighted by atomic mass is 9.72. The van der Waals surface area contributed by atoms with E-state index < -0.39 is 0 Å². The Morgan fingerprint density at radius 1 is 1.04 bits per heavy atom. The van der Waals surface area contributed by atoms with Crippen LogP contribution < -0.4 is 10.6 Å². The van der Waals surface area contributed by atoms with Crippen molar-refractivity contribution in [1.29, 1.82) is 5.26 Å². The molecule has 1 aliphatic rings. The Kier molecular flexibility index (Phi) is 4.09. The minimum atomic E-state index is -0.351. The number of nitrogens with one attached hydrogen (secondary N) is 2. The molecule has 0 bridgehead atoms. The van der Waals surface area contributed by atoms with Crippen LogP contribution in [-0.2, 0) is 6.42 Å². The molecule has 0 radical (unpaired) electrons. The maximum absolute atomic E-state index is 12.4. The molecule has 2 N–H and O–H groups in total. The van der Waals surface area contributed by atoms with Gasteiger partial charge in [0.25, 0.3) is 0 Å². The fraction of sp³-hybridized carbons (Fsp3) is 0.200. The van der Waals surface area contributed by atoms with Crippen molar-refractivity contribution in [1.82, 2.24) is 5.32 Å². The van der Waals surface area contributed by atoms with Gasteiger partial charge in [0.1, 0.15) is 0 Å². The summed E-state index contributed by atoms with van der Waals surface area (Å²) >= 11 is 0. The molecule has 0 aromatic heterocycles. The highest BCUT2D eigenvalue weighted by molar-refractivity contribution is 5.97. The van der Waals surface area contributed by atoms with Crippen LogP contribution in [0.1, 0.15) is 25.0 Å². The largest absolute Gasteiger partial charge is 0.323 e. The van der Waals surface area contributed by atoms with Crippen LogP contribution in [0.3, 0.4) is 0 Å². The quantitative estimate of drug-likeness (QED) is 0.866. The average Bonchev–Trinajstić information content (AvgIpc) is 2.55. The number of nitriles is 1. The number of hydrogen-bond acceptors (Lipinski definition) is 2. The van der Waals surface area contributed by atoms with E-state index in [1.807, 2.05) is 68.4 Å². The van der Waals surface area contributed by atoms with E-state index in [1.165, 1.54) is 0 Å². The molecule has 120 valence electrons. The summed E-state index contributed by atoms with van der Waals surface area (Å²) in [5, 5.41) is 15.3. The molecule has 0 saturated heterocycles. The van der Waals surface area contributed by atoms with Crippen molar-refractivity contribution in [3.8, 4) is 6.07 Å². The van der Waals surface area contributed by atoms with Gasteiger partial charge >= 0.3 is 6.03 Å². The second kappa shape index (κ2) is 6.21. The number of anilines is 1. The van der Waals surface area contributed by atoms with Gasteiger partial charge in [0, 0.05) is 16.7 Å². The van der Waals surface area contributed by atoms with Crippen LogP contribution >= 0.6 is 0 Å². The minimum absolute atomic E-state index is 0.321. The number of rotatable bonds is 2. The monoisotopic (exact) mass is 317 g/mol. The Bertz CT molecular complexity index is 845. The third-order valence-electron chi connectivity index (χ3n) is 4.23. The number of benzene rings is 2. The van der Waals surface area contributed by atoms with E-state index in [-0.39, 0.29) is 11.4 Å². The van der Waals surface area contributed by atoms with Crippen molar-refractivity contribution in [3.05, 3.63) is 71.3 Å². The molecule has 24 heavy (non-hydrogen) atoms. The van der Waals surface area contributed by atoms with Gasteiger partial charge in [-0.1, -0.05) is 56.3 Å². The summed E-state index contributed by atoms with van der Waals surface area (Å²) in [5.74, 6) is 0. The number of amides is 2. The average molecular weight is 317 g/mol. The Balaban J connectivity index is 1.95. The number of carbonyl (C=O) groups is 1. The van der Waals surface area contributed by atoms with Crippen LogP contribution in [0.2, 0.25) is 0 Å². The lowest BCUT2D eigenvalue weighted by molar-refractivity contribution is 0.255. The van der Waals surface area contributed by atoms with Crippen molar-refractivity contribution in [2.75, 3.05) is 5.32 Å². The molecule has 0 heterocycles. The van der Waals surface area contributed by atoms with Crippen molar-refractivity contribution in [3.63, 3.8) is 0 Å². The molecular formula is C20H19N3O. The van der Waals surface area contributed by atoms with Gasteiger partial charge < -0.3 is 10.6 Å².